The summed E-state index contributed by atoms with van der Waals surface area (Å²) in [5, 5.41) is 3.07. The van der Waals surface area contributed by atoms with Crippen molar-refractivity contribution in [1.29, 1.82) is 0 Å². The van der Waals surface area contributed by atoms with Crippen LogP contribution < -0.4 is 5.32 Å². The predicted octanol–water partition coefficient (Wildman–Crippen LogP) is 3.79. The Balaban J connectivity index is 1.75. The highest BCUT2D eigenvalue weighted by Gasteiger charge is 2.19. The zero-order chi connectivity index (χ0) is 15.8. The number of piperidine rings is 1. The quantitative estimate of drug-likeness (QED) is 0.613. The van der Waals surface area contributed by atoms with Crippen molar-refractivity contribution in [3.8, 4) is 0 Å². The second-order valence-corrected chi connectivity index (χ2v) is 6.75. The molecule has 1 aliphatic heterocycles. The smallest absolute Gasteiger partial charge is 0.252 e. The van der Waals surface area contributed by atoms with Crippen LogP contribution in [0.4, 0.5) is 0 Å². The first-order valence-corrected chi connectivity index (χ1v) is 9.64. The van der Waals surface area contributed by atoms with Crippen molar-refractivity contribution in [3.05, 3.63) is 29.8 Å². The van der Waals surface area contributed by atoms with Crippen molar-refractivity contribution in [2.75, 3.05) is 25.9 Å². The van der Waals surface area contributed by atoms with Crippen LogP contribution in [0.3, 0.4) is 0 Å². The van der Waals surface area contributed by atoms with Crippen molar-refractivity contribution in [2.24, 2.45) is 0 Å². The molecule has 1 N–H and O–H groups in total. The lowest BCUT2D eigenvalue weighted by atomic mass is 10.00. The number of carbonyl (C=O) groups excluding carboxylic acids is 1. The van der Waals surface area contributed by atoms with E-state index in [0.717, 1.165) is 36.0 Å². The van der Waals surface area contributed by atoms with Crippen molar-refractivity contribution >= 4 is 17.7 Å². The number of carbonyl (C=O) groups is 1. The van der Waals surface area contributed by atoms with Crippen LogP contribution in [0.15, 0.2) is 29.2 Å². The minimum Gasteiger partial charge on any atom is -0.352 e. The summed E-state index contributed by atoms with van der Waals surface area (Å²) in [6, 6.07) is 8.55. The molecular weight excluding hydrogens is 292 g/mol. The standard InChI is InChI=1S/C18H28N2OS/c1-3-15-9-6-7-13-20(15)14-8-12-19-18(21)16-10-4-5-11-17(16)22-2/h4-5,10-11,15H,3,6-9,12-14H2,1-2H3,(H,19,21)/t15-/m1/s1. The fourth-order valence-corrected chi connectivity index (χ4v) is 3.82. The van der Waals surface area contributed by atoms with Gasteiger partial charge in [0, 0.05) is 24.0 Å². The second kappa shape index (κ2) is 9.21. The Morgan fingerprint density at radius 3 is 2.95 bits per heavy atom. The lowest BCUT2D eigenvalue weighted by Crippen LogP contribution is -2.40. The Kier molecular flexibility index (Phi) is 7.26. The van der Waals surface area contributed by atoms with Gasteiger partial charge in [-0.3, -0.25) is 4.79 Å². The van der Waals surface area contributed by atoms with E-state index in [0.29, 0.717) is 0 Å². The monoisotopic (exact) mass is 320 g/mol. The minimum atomic E-state index is 0.0515. The van der Waals surface area contributed by atoms with Gasteiger partial charge in [-0.15, -0.1) is 11.8 Å². The third-order valence-corrected chi connectivity index (χ3v) is 5.28. The lowest BCUT2D eigenvalue weighted by Gasteiger charge is -2.35. The predicted molar refractivity (Wildman–Crippen MR) is 94.7 cm³/mol. The lowest BCUT2D eigenvalue weighted by molar-refractivity contribution is 0.0944. The molecule has 122 valence electrons. The van der Waals surface area contributed by atoms with Gasteiger partial charge in [0.1, 0.15) is 0 Å². The van der Waals surface area contributed by atoms with Crippen LogP contribution in [0, 0.1) is 0 Å². The molecule has 0 aliphatic carbocycles. The Morgan fingerprint density at radius 1 is 1.36 bits per heavy atom. The molecule has 0 unspecified atom stereocenters. The zero-order valence-electron chi connectivity index (χ0n) is 13.8. The zero-order valence-corrected chi connectivity index (χ0v) is 14.6. The normalized spacial score (nSPS) is 19.1. The second-order valence-electron chi connectivity index (χ2n) is 5.90. The Hall–Kier alpha value is -1.00. The number of amides is 1. The van der Waals surface area contributed by atoms with Crippen molar-refractivity contribution in [1.82, 2.24) is 10.2 Å². The highest BCUT2D eigenvalue weighted by atomic mass is 32.2. The van der Waals surface area contributed by atoms with E-state index < -0.39 is 0 Å². The van der Waals surface area contributed by atoms with Gasteiger partial charge in [0.05, 0.1) is 5.56 Å². The molecule has 1 fully saturated rings. The van der Waals surface area contributed by atoms with Gasteiger partial charge in [-0.25, -0.2) is 0 Å². The van der Waals surface area contributed by atoms with E-state index in [-0.39, 0.29) is 5.91 Å². The molecule has 0 saturated carbocycles. The molecule has 3 nitrogen and oxygen atoms in total. The van der Waals surface area contributed by atoms with Crippen molar-refractivity contribution in [2.45, 2.75) is 50.0 Å². The van der Waals surface area contributed by atoms with E-state index in [2.05, 4.69) is 17.1 Å². The van der Waals surface area contributed by atoms with Crippen LogP contribution in [-0.4, -0.2) is 42.7 Å². The summed E-state index contributed by atoms with van der Waals surface area (Å²) in [6.07, 6.45) is 8.32. The van der Waals surface area contributed by atoms with E-state index in [4.69, 9.17) is 0 Å². The Bertz CT molecular complexity index is 478. The average Bonchev–Trinajstić information content (AvgIpc) is 2.58. The number of rotatable bonds is 7. The average molecular weight is 321 g/mol. The number of hydrogen-bond acceptors (Lipinski definition) is 3. The molecule has 4 heteroatoms. The molecule has 1 amide bonds. The van der Waals surface area contributed by atoms with Crippen LogP contribution in [-0.2, 0) is 0 Å². The first-order valence-electron chi connectivity index (χ1n) is 8.41. The van der Waals surface area contributed by atoms with Gasteiger partial charge < -0.3 is 10.2 Å². The molecule has 0 spiro atoms. The fraction of sp³-hybridized carbons (Fsp3) is 0.611. The first-order chi connectivity index (χ1) is 10.8. The summed E-state index contributed by atoms with van der Waals surface area (Å²) >= 11 is 1.62. The van der Waals surface area contributed by atoms with Gasteiger partial charge in [0.25, 0.3) is 5.91 Å². The van der Waals surface area contributed by atoms with Crippen molar-refractivity contribution < 1.29 is 4.79 Å². The topological polar surface area (TPSA) is 32.3 Å². The molecule has 1 atom stereocenters. The maximum atomic E-state index is 12.3. The number of thioether (sulfide) groups is 1. The van der Waals surface area contributed by atoms with Crippen LogP contribution in [0.5, 0.6) is 0 Å². The van der Waals surface area contributed by atoms with E-state index >= 15 is 0 Å². The summed E-state index contributed by atoms with van der Waals surface area (Å²) in [5.41, 5.74) is 0.791. The highest BCUT2D eigenvalue weighted by Crippen LogP contribution is 2.20. The fourth-order valence-electron chi connectivity index (χ4n) is 3.23. The summed E-state index contributed by atoms with van der Waals surface area (Å²) in [4.78, 5) is 15.9. The molecule has 0 radical (unpaired) electrons. The van der Waals surface area contributed by atoms with Gasteiger partial charge >= 0.3 is 0 Å². The number of nitrogens with one attached hydrogen (secondary N) is 1. The minimum absolute atomic E-state index is 0.0515. The van der Waals surface area contributed by atoms with Gasteiger partial charge in [-0.05, 0) is 50.6 Å². The molecule has 1 heterocycles. The van der Waals surface area contributed by atoms with E-state index in [1.807, 2.05) is 30.5 Å². The summed E-state index contributed by atoms with van der Waals surface area (Å²) in [6.45, 7) is 5.36. The van der Waals surface area contributed by atoms with Gasteiger partial charge in [-0.1, -0.05) is 25.5 Å². The van der Waals surface area contributed by atoms with Crippen LogP contribution in [0.1, 0.15) is 49.4 Å². The van der Waals surface area contributed by atoms with E-state index in [1.165, 1.54) is 32.2 Å². The molecule has 1 saturated heterocycles. The third kappa shape index (κ3) is 4.75. The van der Waals surface area contributed by atoms with Crippen LogP contribution in [0.25, 0.3) is 0 Å². The molecule has 22 heavy (non-hydrogen) atoms. The molecule has 1 aromatic rings. The molecule has 1 aliphatic rings. The van der Waals surface area contributed by atoms with E-state index in [1.54, 1.807) is 11.8 Å². The third-order valence-electron chi connectivity index (χ3n) is 4.48. The highest BCUT2D eigenvalue weighted by molar-refractivity contribution is 7.98. The summed E-state index contributed by atoms with van der Waals surface area (Å²) in [5.74, 6) is 0.0515. The molecule has 1 aromatic carbocycles. The molecule has 0 bridgehead atoms. The summed E-state index contributed by atoms with van der Waals surface area (Å²) < 4.78 is 0. The molecular formula is C18H28N2OS. The number of benzene rings is 1. The van der Waals surface area contributed by atoms with Crippen LogP contribution in [0.2, 0.25) is 0 Å². The largest absolute Gasteiger partial charge is 0.352 e. The SMILES string of the molecule is CC[C@@H]1CCCCN1CCCNC(=O)c1ccccc1SC. The number of hydrogen-bond donors (Lipinski definition) is 1. The van der Waals surface area contributed by atoms with Gasteiger partial charge in [-0.2, -0.15) is 0 Å². The number of nitrogens with zero attached hydrogens (tertiary/aromatic N) is 1. The molecule has 2 rings (SSSR count). The van der Waals surface area contributed by atoms with Crippen LogP contribution >= 0.6 is 11.8 Å². The Morgan fingerprint density at radius 2 is 2.18 bits per heavy atom. The van der Waals surface area contributed by atoms with Gasteiger partial charge in [0.2, 0.25) is 0 Å². The first kappa shape index (κ1) is 17.4. The maximum Gasteiger partial charge on any atom is 0.252 e. The number of likely N-dealkylation sites (tertiary alicyclic amines) is 1. The van der Waals surface area contributed by atoms with E-state index in [9.17, 15) is 4.79 Å². The van der Waals surface area contributed by atoms with Crippen molar-refractivity contribution in [3.63, 3.8) is 0 Å². The summed E-state index contributed by atoms with van der Waals surface area (Å²) in [7, 11) is 0. The Labute approximate surface area is 138 Å². The molecule has 0 aromatic heterocycles. The van der Waals surface area contributed by atoms with Gasteiger partial charge in [0.15, 0.2) is 0 Å². The maximum absolute atomic E-state index is 12.3.